The van der Waals surface area contributed by atoms with Crippen LogP contribution in [-0.2, 0) is 15.1 Å². The number of hydrogen-bond acceptors (Lipinski definition) is 3. The molecular formula is C25H27NO3. The number of fused-ring (bicyclic) bond motifs is 2. The van der Waals surface area contributed by atoms with E-state index in [2.05, 4.69) is 25.1 Å². The van der Waals surface area contributed by atoms with Gasteiger partial charge in [0.15, 0.2) is 5.60 Å². The molecule has 2 aliphatic heterocycles. The van der Waals surface area contributed by atoms with Crippen LogP contribution in [0, 0.1) is 5.92 Å². The Morgan fingerprint density at radius 1 is 1.10 bits per heavy atom. The van der Waals surface area contributed by atoms with E-state index in [1.165, 1.54) is 18.4 Å². The van der Waals surface area contributed by atoms with Gasteiger partial charge in [-0.05, 0) is 50.3 Å². The molecule has 1 aliphatic carbocycles. The van der Waals surface area contributed by atoms with Crippen molar-refractivity contribution in [2.45, 2.75) is 44.3 Å². The van der Waals surface area contributed by atoms with Crippen molar-refractivity contribution < 1.29 is 14.3 Å². The van der Waals surface area contributed by atoms with Crippen molar-refractivity contribution in [3.05, 3.63) is 71.8 Å². The highest BCUT2D eigenvalue weighted by Gasteiger charge is 2.54. The van der Waals surface area contributed by atoms with E-state index in [9.17, 15) is 4.79 Å². The third kappa shape index (κ3) is 3.46. The van der Waals surface area contributed by atoms with E-state index in [1.807, 2.05) is 47.4 Å². The average Bonchev–Trinajstić information content (AvgIpc) is 3.55. The van der Waals surface area contributed by atoms with Gasteiger partial charge in [-0.25, -0.2) is 0 Å². The minimum atomic E-state index is -0.937. The van der Waals surface area contributed by atoms with Crippen molar-refractivity contribution in [1.82, 2.24) is 0 Å². The molecule has 2 atom stereocenters. The zero-order valence-electron chi connectivity index (χ0n) is 16.8. The van der Waals surface area contributed by atoms with E-state index in [-0.39, 0.29) is 12.0 Å². The van der Waals surface area contributed by atoms with Crippen LogP contribution in [0.3, 0.4) is 0 Å². The molecule has 2 aromatic carbocycles. The molecule has 1 spiro atoms. The molecule has 0 saturated heterocycles. The molecule has 4 nitrogen and oxygen atoms in total. The highest BCUT2D eigenvalue weighted by Crippen LogP contribution is 2.49. The predicted octanol–water partition coefficient (Wildman–Crippen LogP) is 4.84. The van der Waals surface area contributed by atoms with Crippen LogP contribution >= 0.6 is 0 Å². The van der Waals surface area contributed by atoms with E-state index in [0.29, 0.717) is 18.9 Å². The van der Waals surface area contributed by atoms with Crippen LogP contribution in [0.25, 0.3) is 0 Å². The van der Waals surface area contributed by atoms with Crippen LogP contribution in [0.2, 0.25) is 0 Å². The van der Waals surface area contributed by atoms with Crippen LogP contribution in [0.1, 0.15) is 38.2 Å². The summed E-state index contributed by atoms with van der Waals surface area (Å²) in [5.41, 5.74) is 2.28. The fraction of sp³-hybridized carbons (Fsp3) is 0.400. The molecule has 0 aromatic heterocycles. The first-order valence-corrected chi connectivity index (χ1v) is 10.6. The summed E-state index contributed by atoms with van der Waals surface area (Å²) < 4.78 is 12.6. The molecule has 150 valence electrons. The van der Waals surface area contributed by atoms with Gasteiger partial charge in [-0.2, -0.15) is 0 Å². The lowest BCUT2D eigenvalue weighted by Gasteiger charge is -2.31. The lowest BCUT2D eigenvalue weighted by molar-refractivity contribution is -0.154. The number of nitrogens with zero attached hydrogens (tertiary/aromatic N) is 1. The smallest absolute Gasteiger partial charge is 0.264 e. The van der Waals surface area contributed by atoms with Gasteiger partial charge in [0.2, 0.25) is 0 Å². The Morgan fingerprint density at radius 2 is 1.86 bits per heavy atom. The molecule has 1 saturated carbocycles. The van der Waals surface area contributed by atoms with Gasteiger partial charge in [0, 0.05) is 18.5 Å². The van der Waals surface area contributed by atoms with Gasteiger partial charge >= 0.3 is 0 Å². The van der Waals surface area contributed by atoms with E-state index in [0.717, 1.165) is 30.0 Å². The lowest BCUT2D eigenvalue weighted by Crippen LogP contribution is -2.45. The van der Waals surface area contributed by atoms with Gasteiger partial charge < -0.3 is 14.4 Å². The maximum atomic E-state index is 13.8. The SMILES string of the molecule is CC1=CC[C@@H](COc2ccccc2)O[C@@]2(C1)C(=O)N(CC1CC1)c1ccccc12. The zero-order valence-corrected chi connectivity index (χ0v) is 16.8. The fourth-order valence-electron chi connectivity index (χ4n) is 4.50. The quantitative estimate of drug-likeness (QED) is 0.687. The summed E-state index contributed by atoms with van der Waals surface area (Å²) in [6.07, 6.45) is 5.81. The average molecular weight is 389 g/mol. The minimum absolute atomic E-state index is 0.0879. The molecule has 2 heterocycles. The molecule has 0 radical (unpaired) electrons. The lowest BCUT2D eigenvalue weighted by atomic mass is 9.88. The molecule has 1 amide bonds. The van der Waals surface area contributed by atoms with Crippen molar-refractivity contribution in [3.63, 3.8) is 0 Å². The predicted molar refractivity (Wildman–Crippen MR) is 113 cm³/mol. The number of rotatable bonds is 5. The van der Waals surface area contributed by atoms with E-state index in [1.54, 1.807) is 0 Å². The molecule has 3 aliphatic rings. The van der Waals surface area contributed by atoms with Gasteiger partial charge in [-0.15, -0.1) is 0 Å². The number of carbonyl (C=O) groups excluding carboxylic acids is 1. The Bertz CT molecular complexity index is 934. The van der Waals surface area contributed by atoms with Crippen molar-refractivity contribution in [2.24, 2.45) is 5.92 Å². The fourth-order valence-corrected chi connectivity index (χ4v) is 4.50. The molecule has 2 aromatic rings. The second-order valence-corrected chi connectivity index (χ2v) is 8.53. The zero-order chi connectivity index (χ0) is 19.8. The molecular weight excluding hydrogens is 362 g/mol. The van der Waals surface area contributed by atoms with Gasteiger partial charge in [-0.1, -0.05) is 48.0 Å². The van der Waals surface area contributed by atoms with Crippen LogP contribution in [0.15, 0.2) is 66.2 Å². The van der Waals surface area contributed by atoms with Crippen LogP contribution in [-0.4, -0.2) is 25.2 Å². The third-order valence-corrected chi connectivity index (χ3v) is 6.16. The normalized spacial score (nSPS) is 26.2. The van der Waals surface area contributed by atoms with Gasteiger partial charge in [0.25, 0.3) is 5.91 Å². The van der Waals surface area contributed by atoms with Crippen molar-refractivity contribution in [3.8, 4) is 5.75 Å². The van der Waals surface area contributed by atoms with Gasteiger partial charge in [0.1, 0.15) is 12.4 Å². The number of benzene rings is 2. The number of ether oxygens (including phenoxy) is 2. The standard InChI is InChI=1S/C25H27NO3/c1-18-11-14-21(17-28-20-7-3-2-4-8-20)29-25(15-18)22-9-5-6-10-23(22)26(24(25)27)16-19-12-13-19/h2-11,19,21H,12-17H2,1H3/t21-,25+/m0/s1. The Labute approximate surface area is 172 Å². The third-order valence-electron chi connectivity index (χ3n) is 6.16. The Hall–Kier alpha value is -2.59. The van der Waals surface area contributed by atoms with Crippen molar-refractivity contribution >= 4 is 11.6 Å². The Morgan fingerprint density at radius 3 is 2.66 bits per heavy atom. The van der Waals surface area contributed by atoms with Crippen LogP contribution in [0.5, 0.6) is 5.75 Å². The summed E-state index contributed by atoms with van der Waals surface area (Å²) in [4.78, 5) is 15.7. The van der Waals surface area contributed by atoms with Crippen molar-refractivity contribution in [2.75, 3.05) is 18.1 Å². The number of carbonyl (C=O) groups is 1. The largest absolute Gasteiger partial charge is 0.491 e. The molecule has 29 heavy (non-hydrogen) atoms. The summed E-state index contributed by atoms with van der Waals surface area (Å²) in [7, 11) is 0. The molecule has 0 bridgehead atoms. The van der Waals surface area contributed by atoms with Gasteiger partial charge in [0.05, 0.1) is 11.8 Å². The summed E-state index contributed by atoms with van der Waals surface area (Å²) in [6, 6.07) is 17.9. The minimum Gasteiger partial charge on any atom is -0.491 e. The maximum Gasteiger partial charge on any atom is 0.264 e. The monoisotopic (exact) mass is 389 g/mol. The number of amides is 1. The second-order valence-electron chi connectivity index (χ2n) is 8.53. The summed E-state index contributed by atoms with van der Waals surface area (Å²) in [5.74, 6) is 1.54. The van der Waals surface area contributed by atoms with Crippen LogP contribution in [0.4, 0.5) is 5.69 Å². The number of hydrogen-bond donors (Lipinski definition) is 0. The first kappa shape index (κ1) is 18.4. The summed E-state index contributed by atoms with van der Waals surface area (Å²) in [5, 5.41) is 0. The summed E-state index contributed by atoms with van der Waals surface area (Å²) >= 11 is 0. The van der Waals surface area contributed by atoms with Crippen molar-refractivity contribution in [1.29, 1.82) is 0 Å². The molecule has 0 unspecified atom stereocenters. The van der Waals surface area contributed by atoms with Gasteiger partial charge in [-0.3, -0.25) is 4.79 Å². The highest BCUT2D eigenvalue weighted by atomic mass is 16.6. The first-order chi connectivity index (χ1) is 14.2. The highest BCUT2D eigenvalue weighted by molar-refractivity contribution is 6.07. The molecule has 0 N–H and O–H groups in total. The maximum absolute atomic E-state index is 13.8. The number of para-hydroxylation sites is 2. The van der Waals surface area contributed by atoms with E-state index in [4.69, 9.17) is 9.47 Å². The molecule has 4 heteroatoms. The summed E-state index contributed by atoms with van der Waals surface area (Å²) in [6.45, 7) is 3.33. The number of anilines is 1. The van der Waals surface area contributed by atoms with E-state index >= 15 is 0 Å². The molecule has 5 rings (SSSR count). The first-order valence-electron chi connectivity index (χ1n) is 10.6. The topological polar surface area (TPSA) is 38.8 Å². The van der Waals surface area contributed by atoms with Crippen LogP contribution < -0.4 is 9.64 Å². The Balaban J connectivity index is 1.45. The van der Waals surface area contributed by atoms with E-state index < -0.39 is 5.60 Å². The second kappa shape index (κ2) is 7.34. The molecule has 1 fully saturated rings. The Kier molecular flexibility index (Phi) is 4.67.